The summed E-state index contributed by atoms with van der Waals surface area (Å²) in [6.45, 7) is 6.75. The molecule has 0 bridgehead atoms. The average molecular weight is 1160 g/mol. The second-order valence-electron chi connectivity index (χ2n) is 25.9. The second kappa shape index (κ2) is 71.6. The Morgan fingerprint density at radius 3 is 0.610 bits per heavy atom. The van der Waals surface area contributed by atoms with Gasteiger partial charge in [-0.15, -0.1) is 0 Å². The zero-order chi connectivity index (χ0) is 59.2. The summed E-state index contributed by atoms with van der Waals surface area (Å²) < 4.78 is 17.0. The Morgan fingerprint density at radius 1 is 0.232 bits per heavy atom. The molecule has 0 aromatic carbocycles. The molecule has 0 aliphatic rings. The van der Waals surface area contributed by atoms with Crippen LogP contribution < -0.4 is 0 Å². The molecular weight excluding hydrogens is 1010 g/mol. The Bertz CT molecular complexity index is 1280. The highest BCUT2D eigenvalue weighted by Gasteiger charge is 2.20. The Morgan fingerprint density at radius 2 is 0.402 bits per heavy atom. The summed E-state index contributed by atoms with van der Waals surface area (Å²) >= 11 is 0. The van der Waals surface area contributed by atoms with Crippen molar-refractivity contribution in [1.29, 1.82) is 0 Å². The maximum atomic E-state index is 13.0. The van der Waals surface area contributed by atoms with Crippen LogP contribution in [0.25, 0.3) is 0 Å². The first kappa shape index (κ1) is 80.2. The van der Waals surface area contributed by atoms with E-state index in [9.17, 15) is 14.4 Å². The van der Waals surface area contributed by atoms with Gasteiger partial charge in [0.05, 0.1) is 0 Å². The van der Waals surface area contributed by atoms with Crippen molar-refractivity contribution in [3.05, 3.63) is 12.2 Å². The van der Waals surface area contributed by atoms with E-state index in [1.165, 1.54) is 340 Å². The van der Waals surface area contributed by atoms with Gasteiger partial charge in [-0.3, -0.25) is 14.4 Å². The van der Waals surface area contributed by atoms with Crippen molar-refractivity contribution in [3.8, 4) is 0 Å². The van der Waals surface area contributed by atoms with E-state index in [-0.39, 0.29) is 31.1 Å². The van der Waals surface area contributed by atoms with Crippen molar-refractivity contribution >= 4 is 17.9 Å². The van der Waals surface area contributed by atoms with Crippen molar-refractivity contribution in [2.75, 3.05) is 13.2 Å². The molecule has 1 unspecified atom stereocenters. The molecule has 0 aliphatic carbocycles. The van der Waals surface area contributed by atoms with Crippen LogP contribution in [0.15, 0.2) is 12.2 Å². The predicted octanol–water partition coefficient (Wildman–Crippen LogP) is 26.0. The minimum absolute atomic E-state index is 0.0615. The predicted molar refractivity (Wildman–Crippen MR) is 358 cm³/mol. The van der Waals surface area contributed by atoms with Crippen molar-refractivity contribution in [2.45, 2.75) is 444 Å². The molecule has 82 heavy (non-hydrogen) atoms. The van der Waals surface area contributed by atoms with Crippen molar-refractivity contribution in [3.63, 3.8) is 0 Å². The monoisotopic (exact) mass is 1160 g/mol. The van der Waals surface area contributed by atoms with Gasteiger partial charge in [0, 0.05) is 19.3 Å². The number of hydrogen-bond donors (Lipinski definition) is 0. The molecule has 0 spiro atoms. The summed E-state index contributed by atoms with van der Waals surface area (Å²) in [5.41, 5.74) is 0. The molecule has 0 amide bonds. The summed E-state index contributed by atoms with van der Waals surface area (Å²) in [5.74, 6) is -0.820. The normalized spacial score (nSPS) is 12.0. The van der Waals surface area contributed by atoms with E-state index < -0.39 is 6.10 Å². The first-order valence-electron chi connectivity index (χ1n) is 37.7. The van der Waals surface area contributed by atoms with Crippen molar-refractivity contribution in [1.82, 2.24) is 0 Å². The summed E-state index contributed by atoms with van der Waals surface area (Å²) in [5, 5.41) is 0. The fourth-order valence-electron chi connectivity index (χ4n) is 11.9. The largest absolute Gasteiger partial charge is 0.462 e. The lowest BCUT2D eigenvalue weighted by Gasteiger charge is -2.18. The Hall–Kier alpha value is -1.85. The molecular formula is C76H146O6. The van der Waals surface area contributed by atoms with Crippen LogP contribution in [0.4, 0.5) is 0 Å². The van der Waals surface area contributed by atoms with Crippen molar-refractivity contribution < 1.29 is 28.6 Å². The van der Waals surface area contributed by atoms with Gasteiger partial charge >= 0.3 is 17.9 Å². The van der Waals surface area contributed by atoms with Gasteiger partial charge in [0.2, 0.25) is 0 Å². The summed E-state index contributed by atoms with van der Waals surface area (Å²) in [7, 11) is 0. The topological polar surface area (TPSA) is 78.9 Å². The molecule has 0 radical (unpaired) electrons. The molecule has 0 fully saturated rings. The smallest absolute Gasteiger partial charge is 0.306 e. The molecule has 0 saturated carbocycles. The van der Waals surface area contributed by atoms with E-state index in [1.54, 1.807) is 0 Å². The van der Waals surface area contributed by atoms with E-state index in [0.717, 1.165) is 57.8 Å². The highest BCUT2D eigenvalue weighted by atomic mass is 16.6. The number of carbonyl (C=O) groups excluding carboxylic acids is 3. The van der Waals surface area contributed by atoms with Gasteiger partial charge in [-0.25, -0.2) is 0 Å². The van der Waals surface area contributed by atoms with Crippen LogP contribution in [-0.4, -0.2) is 37.2 Å². The number of unbranched alkanes of at least 4 members (excludes halogenated alkanes) is 58. The van der Waals surface area contributed by atoms with E-state index >= 15 is 0 Å². The molecule has 0 aliphatic heterocycles. The van der Waals surface area contributed by atoms with Crippen LogP contribution in [0, 0.1) is 0 Å². The summed E-state index contributed by atoms with van der Waals surface area (Å²) in [6, 6.07) is 0. The molecule has 0 aromatic heterocycles. The van der Waals surface area contributed by atoms with E-state index in [0.29, 0.717) is 19.3 Å². The SMILES string of the molecule is CCCCCCCCCC/C=C\CCCCCCCCCCCCCCCCCCCC(=O)OCC(COC(=O)CCCCCCCCCCCCCCCCCCC)OC(=O)CCCCCCCCCCCCCCCCCCCC. The molecule has 0 heterocycles. The maximum absolute atomic E-state index is 13.0. The van der Waals surface area contributed by atoms with E-state index in [1.807, 2.05) is 0 Å². The molecule has 0 N–H and O–H groups in total. The number of hydrogen-bond acceptors (Lipinski definition) is 6. The summed E-state index contributed by atoms with van der Waals surface area (Å²) in [4.78, 5) is 38.5. The highest BCUT2D eigenvalue weighted by molar-refractivity contribution is 5.71. The molecule has 6 heteroatoms. The molecule has 1 atom stereocenters. The van der Waals surface area contributed by atoms with Gasteiger partial charge in [-0.1, -0.05) is 386 Å². The lowest BCUT2D eigenvalue weighted by molar-refractivity contribution is -0.167. The lowest BCUT2D eigenvalue weighted by atomic mass is 10.0. The van der Waals surface area contributed by atoms with Crippen LogP contribution in [0.3, 0.4) is 0 Å². The third-order valence-electron chi connectivity index (χ3n) is 17.5. The fraction of sp³-hybridized carbons (Fsp3) is 0.934. The van der Waals surface area contributed by atoms with Crippen LogP contribution in [0.5, 0.6) is 0 Å². The maximum Gasteiger partial charge on any atom is 0.306 e. The zero-order valence-electron chi connectivity index (χ0n) is 56.1. The van der Waals surface area contributed by atoms with Gasteiger partial charge in [-0.2, -0.15) is 0 Å². The third kappa shape index (κ3) is 68.9. The van der Waals surface area contributed by atoms with Gasteiger partial charge in [0.25, 0.3) is 0 Å². The molecule has 0 rings (SSSR count). The van der Waals surface area contributed by atoms with Gasteiger partial charge in [-0.05, 0) is 44.9 Å². The number of esters is 3. The van der Waals surface area contributed by atoms with Gasteiger partial charge < -0.3 is 14.2 Å². The van der Waals surface area contributed by atoms with E-state index in [4.69, 9.17) is 14.2 Å². The Kier molecular flexibility index (Phi) is 70.0. The Labute approximate surface area is 513 Å². The van der Waals surface area contributed by atoms with Crippen LogP contribution in [-0.2, 0) is 28.6 Å². The van der Waals surface area contributed by atoms with Gasteiger partial charge in [0.15, 0.2) is 6.10 Å². The number of carbonyl (C=O) groups is 3. The number of rotatable bonds is 71. The molecule has 0 aromatic rings. The standard InChI is InChI=1S/C76H146O6/c1-4-7-10-13-16-19-22-25-28-31-33-34-35-36-37-38-39-40-41-42-43-46-48-51-54-57-60-63-66-69-75(78)81-72-73(71-80-74(77)68-65-62-59-56-53-50-47-44-30-27-24-21-18-15-12-9-6-3)82-76(79)70-67-64-61-58-55-52-49-45-32-29-26-23-20-17-14-11-8-5-2/h31,33,73H,4-30,32,34-72H2,1-3H3/b33-31-. The minimum atomic E-state index is -0.766. The highest BCUT2D eigenvalue weighted by Crippen LogP contribution is 2.20. The molecule has 0 saturated heterocycles. The second-order valence-corrected chi connectivity index (χ2v) is 25.9. The lowest BCUT2D eigenvalue weighted by Crippen LogP contribution is -2.30. The Balaban J connectivity index is 4.19. The van der Waals surface area contributed by atoms with Crippen LogP contribution in [0.1, 0.15) is 438 Å². The first-order valence-corrected chi connectivity index (χ1v) is 37.7. The molecule has 6 nitrogen and oxygen atoms in total. The fourth-order valence-corrected chi connectivity index (χ4v) is 11.9. The quantitative estimate of drug-likeness (QED) is 0.0261. The number of allylic oxidation sites excluding steroid dienone is 2. The van der Waals surface area contributed by atoms with E-state index in [2.05, 4.69) is 32.9 Å². The third-order valence-corrected chi connectivity index (χ3v) is 17.5. The van der Waals surface area contributed by atoms with Crippen LogP contribution in [0.2, 0.25) is 0 Å². The minimum Gasteiger partial charge on any atom is -0.462 e. The average Bonchev–Trinajstić information content (AvgIpc) is 3.47. The van der Waals surface area contributed by atoms with Crippen molar-refractivity contribution in [2.24, 2.45) is 0 Å². The van der Waals surface area contributed by atoms with Crippen LogP contribution >= 0.6 is 0 Å². The summed E-state index contributed by atoms with van der Waals surface area (Å²) in [6.07, 6.45) is 86.8. The zero-order valence-corrected chi connectivity index (χ0v) is 56.1. The molecule has 486 valence electrons. The first-order chi connectivity index (χ1) is 40.5. The number of ether oxygens (including phenoxy) is 3. The van der Waals surface area contributed by atoms with Gasteiger partial charge in [0.1, 0.15) is 13.2 Å².